The number of carbonyl (C=O) groups is 2. The Morgan fingerprint density at radius 3 is 2.52 bits per heavy atom. The van der Waals surface area contributed by atoms with Gasteiger partial charge in [-0.15, -0.1) is 0 Å². The number of piperidine rings is 1. The summed E-state index contributed by atoms with van der Waals surface area (Å²) >= 11 is 0. The number of halogens is 2. The number of carbonyl (C=O) groups excluding carboxylic acids is 2. The van der Waals surface area contributed by atoms with E-state index in [0.717, 1.165) is 0 Å². The number of Topliss-reactive ketones (excluding diaryl/α,β-unsaturated/α-hetero) is 1. The van der Waals surface area contributed by atoms with Crippen molar-refractivity contribution in [2.24, 2.45) is 5.92 Å². The average Bonchev–Trinajstić information content (AvgIpc) is 2.69. The summed E-state index contributed by atoms with van der Waals surface area (Å²) in [6, 6.07) is 8.92. The fourth-order valence-electron chi connectivity index (χ4n) is 3.20. The van der Waals surface area contributed by atoms with E-state index in [1.165, 1.54) is 49.6 Å². The fraction of sp³-hybridized carbons (Fsp3) is 0.300. The van der Waals surface area contributed by atoms with Crippen molar-refractivity contribution < 1.29 is 23.1 Å². The van der Waals surface area contributed by atoms with Gasteiger partial charge in [0.25, 0.3) is 0 Å². The highest BCUT2D eigenvalue weighted by Gasteiger charge is 2.30. The molecule has 0 saturated carbocycles. The second-order valence-electron chi connectivity index (χ2n) is 6.43. The van der Waals surface area contributed by atoms with Crippen molar-refractivity contribution in [1.82, 2.24) is 4.90 Å². The minimum absolute atomic E-state index is 0.184. The maximum Gasteiger partial charge on any atom is 0.321 e. The minimum Gasteiger partial charge on any atom is -0.496 e. The number of ether oxygens (including phenoxy) is 1. The predicted octanol–water partition coefficient (Wildman–Crippen LogP) is 4.10. The maximum absolute atomic E-state index is 13.6. The number of hydrogen-bond donors (Lipinski definition) is 1. The van der Waals surface area contributed by atoms with Gasteiger partial charge in [0.2, 0.25) is 0 Å². The number of amides is 2. The van der Waals surface area contributed by atoms with Crippen molar-refractivity contribution in [2.45, 2.75) is 12.8 Å². The zero-order chi connectivity index (χ0) is 19.4. The molecule has 1 saturated heterocycles. The van der Waals surface area contributed by atoms with E-state index in [1.807, 2.05) is 0 Å². The number of hydrogen-bond acceptors (Lipinski definition) is 3. The zero-order valence-corrected chi connectivity index (χ0v) is 14.9. The number of rotatable bonds is 4. The monoisotopic (exact) mass is 374 g/mol. The van der Waals surface area contributed by atoms with E-state index in [0.29, 0.717) is 30.8 Å². The molecular formula is C20H20F2N2O3. The molecule has 1 atom stereocenters. The van der Waals surface area contributed by atoms with E-state index in [9.17, 15) is 18.4 Å². The third kappa shape index (κ3) is 4.42. The zero-order valence-electron chi connectivity index (χ0n) is 14.9. The number of benzene rings is 2. The molecule has 1 aliphatic rings. The molecule has 0 aromatic heterocycles. The number of nitrogens with zero attached hydrogens (tertiary/aromatic N) is 1. The first kappa shape index (κ1) is 18.8. The van der Waals surface area contributed by atoms with Crippen LogP contribution in [0.4, 0.5) is 19.3 Å². The summed E-state index contributed by atoms with van der Waals surface area (Å²) in [7, 11) is 1.42. The Balaban J connectivity index is 1.70. The number of ketones is 1. The van der Waals surface area contributed by atoms with Gasteiger partial charge in [-0.1, -0.05) is 0 Å². The van der Waals surface area contributed by atoms with Crippen LogP contribution in [0.2, 0.25) is 0 Å². The smallest absolute Gasteiger partial charge is 0.321 e. The molecule has 2 aromatic rings. The number of urea groups is 1. The molecule has 1 heterocycles. The number of methoxy groups -OCH3 is 1. The standard InChI is InChI=1S/C20H20F2N2O3/c1-27-18-9-6-15(22)11-17(18)19(25)13-3-2-10-24(12-13)20(26)23-16-7-4-14(21)5-8-16/h4-9,11,13H,2-3,10,12H2,1H3,(H,23,26)/t13-/m1/s1. The van der Waals surface area contributed by atoms with Crippen LogP contribution in [0.1, 0.15) is 23.2 Å². The Bertz CT molecular complexity index is 840. The van der Waals surface area contributed by atoms with Crippen LogP contribution in [0.25, 0.3) is 0 Å². The van der Waals surface area contributed by atoms with Crippen LogP contribution in [-0.4, -0.2) is 36.9 Å². The molecule has 0 aliphatic carbocycles. The largest absolute Gasteiger partial charge is 0.496 e. The predicted molar refractivity (Wildman–Crippen MR) is 97.0 cm³/mol. The molecule has 1 N–H and O–H groups in total. The van der Waals surface area contributed by atoms with Crippen LogP contribution in [0.3, 0.4) is 0 Å². The lowest BCUT2D eigenvalue weighted by atomic mass is 9.89. The first-order valence-electron chi connectivity index (χ1n) is 8.67. The summed E-state index contributed by atoms with van der Waals surface area (Å²) in [5, 5.41) is 2.69. The summed E-state index contributed by atoms with van der Waals surface area (Å²) < 4.78 is 31.7. The van der Waals surface area contributed by atoms with Crippen molar-refractivity contribution >= 4 is 17.5 Å². The summed E-state index contributed by atoms with van der Waals surface area (Å²) in [4.78, 5) is 26.9. The van der Waals surface area contributed by atoms with E-state index in [1.54, 1.807) is 4.90 Å². The van der Waals surface area contributed by atoms with E-state index in [4.69, 9.17) is 4.74 Å². The van der Waals surface area contributed by atoms with Gasteiger partial charge in [0.05, 0.1) is 12.7 Å². The quantitative estimate of drug-likeness (QED) is 0.820. The Kier molecular flexibility index (Phi) is 5.69. The molecule has 142 valence electrons. The van der Waals surface area contributed by atoms with Crippen molar-refractivity contribution in [1.29, 1.82) is 0 Å². The molecule has 1 fully saturated rings. The first-order valence-corrected chi connectivity index (χ1v) is 8.67. The van der Waals surface area contributed by atoms with Gasteiger partial charge in [-0.25, -0.2) is 13.6 Å². The van der Waals surface area contributed by atoms with Crippen LogP contribution < -0.4 is 10.1 Å². The summed E-state index contributed by atoms with van der Waals surface area (Å²) in [6.07, 6.45) is 1.27. The highest BCUT2D eigenvalue weighted by molar-refractivity contribution is 6.01. The summed E-state index contributed by atoms with van der Waals surface area (Å²) in [5.74, 6) is -1.27. The second kappa shape index (κ2) is 8.16. The van der Waals surface area contributed by atoms with E-state index in [-0.39, 0.29) is 29.7 Å². The van der Waals surface area contributed by atoms with E-state index < -0.39 is 11.7 Å². The third-order valence-electron chi connectivity index (χ3n) is 4.60. The second-order valence-corrected chi connectivity index (χ2v) is 6.43. The maximum atomic E-state index is 13.6. The molecule has 0 spiro atoms. The topological polar surface area (TPSA) is 58.6 Å². The normalized spacial score (nSPS) is 16.7. The van der Waals surface area contributed by atoms with Gasteiger partial charge in [-0.05, 0) is 55.3 Å². The first-order chi connectivity index (χ1) is 13.0. The molecule has 27 heavy (non-hydrogen) atoms. The molecule has 0 unspecified atom stereocenters. The highest BCUT2D eigenvalue weighted by Crippen LogP contribution is 2.27. The Morgan fingerprint density at radius 1 is 1.11 bits per heavy atom. The lowest BCUT2D eigenvalue weighted by Crippen LogP contribution is -2.44. The van der Waals surface area contributed by atoms with Crippen LogP contribution in [0, 0.1) is 17.6 Å². The Hall–Kier alpha value is -2.96. The van der Waals surface area contributed by atoms with Gasteiger partial charge in [0.15, 0.2) is 5.78 Å². The highest BCUT2D eigenvalue weighted by atomic mass is 19.1. The van der Waals surface area contributed by atoms with E-state index in [2.05, 4.69) is 5.32 Å². The number of anilines is 1. The van der Waals surface area contributed by atoms with Gasteiger partial charge in [-0.2, -0.15) is 0 Å². The van der Waals surface area contributed by atoms with Crippen LogP contribution >= 0.6 is 0 Å². The van der Waals surface area contributed by atoms with Crippen molar-refractivity contribution in [3.05, 3.63) is 59.7 Å². The molecule has 5 nitrogen and oxygen atoms in total. The van der Waals surface area contributed by atoms with Crippen molar-refractivity contribution in [2.75, 3.05) is 25.5 Å². The average molecular weight is 374 g/mol. The molecule has 0 bridgehead atoms. The van der Waals surface area contributed by atoms with Gasteiger partial charge in [0.1, 0.15) is 17.4 Å². The Morgan fingerprint density at radius 2 is 1.81 bits per heavy atom. The molecule has 2 aromatic carbocycles. The number of likely N-dealkylation sites (tertiary alicyclic amines) is 1. The summed E-state index contributed by atoms with van der Waals surface area (Å²) in [5.41, 5.74) is 0.657. The SMILES string of the molecule is COc1ccc(F)cc1C(=O)[C@@H]1CCCN(C(=O)Nc2ccc(F)cc2)C1. The molecule has 0 radical (unpaired) electrons. The molecule has 1 aliphatic heterocycles. The molecular weight excluding hydrogens is 354 g/mol. The molecule has 2 amide bonds. The number of nitrogens with one attached hydrogen (secondary N) is 1. The fourth-order valence-corrected chi connectivity index (χ4v) is 3.20. The van der Waals surface area contributed by atoms with Crippen LogP contribution in [0.5, 0.6) is 5.75 Å². The van der Waals surface area contributed by atoms with Gasteiger partial charge in [-0.3, -0.25) is 4.79 Å². The van der Waals surface area contributed by atoms with Gasteiger partial charge in [0, 0.05) is 24.7 Å². The van der Waals surface area contributed by atoms with Gasteiger partial charge >= 0.3 is 6.03 Å². The Labute approximate surface area is 155 Å². The van der Waals surface area contributed by atoms with Crippen LogP contribution in [0.15, 0.2) is 42.5 Å². The van der Waals surface area contributed by atoms with Crippen molar-refractivity contribution in [3.8, 4) is 5.75 Å². The van der Waals surface area contributed by atoms with E-state index >= 15 is 0 Å². The van der Waals surface area contributed by atoms with Crippen molar-refractivity contribution in [3.63, 3.8) is 0 Å². The molecule has 3 rings (SSSR count). The summed E-state index contributed by atoms with van der Waals surface area (Å²) in [6.45, 7) is 0.739. The lowest BCUT2D eigenvalue weighted by Gasteiger charge is -2.32. The molecule has 7 heteroatoms. The third-order valence-corrected chi connectivity index (χ3v) is 4.60. The lowest BCUT2D eigenvalue weighted by molar-refractivity contribution is 0.0848. The van der Waals surface area contributed by atoms with Gasteiger partial charge < -0.3 is 15.0 Å². The van der Waals surface area contributed by atoms with Crippen LogP contribution in [-0.2, 0) is 0 Å². The minimum atomic E-state index is -0.513.